The molecule has 8 heteroatoms. The number of aliphatic imine (C=N–C) groups is 1. The summed E-state index contributed by atoms with van der Waals surface area (Å²) in [7, 11) is 1.33. The van der Waals surface area contributed by atoms with E-state index in [9.17, 15) is 14.4 Å². The van der Waals surface area contributed by atoms with Gasteiger partial charge in [0.25, 0.3) is 0 Å². The summed E-state index contributed by atoms with van der Waals surface area (Å²) in [5.41, 5.74) is -0.311. The Kier molecular flexibility index (Phi) is 4.69. The van der Waals surface area contributed by atoms with Gasteiger partial charge in [0, 0.05) is 0 Å². The lowest BCUT2D eigenvalue weighted by Crippen LogP contribution is -2.59. The average molecular weight is 401 g/mol. The zero-order chi connectivity index (χ0) is 20.1. The number of nitrogens with zero attached hydrogens (tertiary/aromatic N) is 3. The Morgan fingerprint density at radius 3 is 2.61 bits per heavy atom. The van der Waals surface area contributed by atoms with Crippen LogP contribution in [0.2, 0.25) is 0 Å². The smallest absolute Gasteiger partial charge is 0.332 e. The maximum atomic E-state index is 13.4. The molecule has 4 rings (SSSR count). The van der Waals surface area contributed by atoms with Crippen LogP contribution in [0.15, 0.2) is 35.3 Å². The van der Waals surface area contributed by atoms with Crippen molar-refractivity contribution in [3.8, 4) is 0 Å². The summed E-state index contributed by atoms with van der Waals surface area (Å²) in [6.07, 6.45) is 2.26. The molecule has 0 aliphatic carbocycles. The second kappa shape index (κ2) is 6.92. The number of likely N-dealkylation sites (tertiary alicyclic amines) is 1. The van der Waals surface area contributed by atoms with Crippen molar-refractivity contribution >= 4 is 34.7 Å². The Balaban J connectivity index is 1.77. The molecule has 3 aliphatic rings. The first-order valence-electron chi connectivity index (χ1n) is 9.36. The van der Waals surface area contributed by atoms with Gasteiger partial charge < -0.3 is 9.64 Å². The highest BCUT2D eigenvalue weighted by Crippen LogP contribution is 2.53. The second-order valence-corrected chi connectivity index (χ2v) is 8.06. The lowest BCUT2D eigenvalue weighted by atomic mass is 9.78. The van der Waals surface area contributed by atoms with Gasteiger partial charge in [-0.25, -0.2) is 4.79 Å². The van der Waals surface area contributed by atoms with Crippen molar-refractivity contribution in [2.24, 2.45) is 16.8 Å². The number of imide groups is 1. The van der Waals surface area contributed by atoms with Gasteiger partial charge in [-0.05, 0) is 18.2 Å². The standard InChI is InChI=1S/C20H23N3O4S/c1-4-20(18(26)27-2)15-14(13-10-21-19(28-3)23(13)20)16(24)22(17(15)25)11-12-8-6-5-7-9-12/h5-9,13-15H,4,10-11H2,1-3H3/t13-,14+,15-,20-/m1/s1. The third kappa shape index (κ3) is 2.36. The predicted molar refractivity (Wildman–Crippen MR) is 105 cm³/mol. The van der Waals surface area contributed by atoms with Crippen molar-refractivity contribution in [2.75, 3.05) is 19.9 Å². The average Bonchev–Trinajstić information content (AvgIpc) is 3.34. The van der Waals surface area contributed by atoms with Crippen LogP contribution in [-0.2, 0) is 25.7 Å². The first-order chi connectivity index (χ1) is 13.5. The van der Waals surface area contributed by atoms with Crippen molar-refractivity contribution in [3.05, 3.63) is 35.9 Å². The summed E-state index contributed by atoms with van der Waals surface area (Å²) < 4.78 is 5.15. The fourth-order valence-electron chi connectivity index (χ4n) is 5.02. The molecule has 1 aromatic rings. The summed E-state index contributed by atoms with van der Waals surface area (Å²) in [4.78, 5) is 47.5. The molecule has 2 fully saturated rings. The molecule has 7 nitrogen and oxygen atoms in total. The Morgan fingerprint density at radius 1 is 1.29 bits per heavy atom. The molecule has 0 radical (unpaired) electrons. The van der Waals surface area contributed by atoms with Crippen molar-refractivity contribution in [1.82, 2.24) is 9.80 Å². The minimum atomic E-state index is -1.19. The fraction of sp³-hybridized carbons (Fsp3) is 0.500. The fourth-order valence-corrected chi connectivity index (χ4v) is 5.72. The van der Waals surface area contributed by atoms with E-state index in [0.717, 1.165) is 5.56 Å². The minimum Gasteiger partial charge on any atom is -0.467 e. The molecule has 2 amide bonds. The van der Waals surface area contributed by atoms with E-state index < -0.39 is 23.3 Å². The van der Waals surface area contributed by atoms with E-state index in [1.54, 1.807) is 0 Å². The van der Waals surface area contributed by atoms with Gasteiger partial charge in [0.1, 0.15) is 0 Å². The molecule has 148 valence electrons. The Morgan fingerprint density at radius 2 is 2.00 bits per heavy atom. The maximum absolute atomic E-state index is 13.4. The number of rotatable bonds is 4. The van der Waals surface area contributed by atoms with Gasteiger partial charge in [-0.15, -0.1) is 0 Å². The van der Waals surface area contributed by atoms with Gasteiger partial charge in [0.15, 0.2) is 10.7 Å². The van der Waals surface area contributed by atoms with Crippen LogP contribution >= 0.6 is 11.8 Å². The van der Waals surface area contributed by atoms with Crippen molar-refractivity contribution in [3.63, 3.8) is 0 Å². The van der Waals surface area contributed by atoms with Crippen LogP contribution in [0.5, 0.6) is 0 Å². The topological polar surface area (TPSA) is 79.3 Å². The highest BCUT2D eigenvalue weighted by molar-refractivity contribution is 8.13. The normalized spacial score (nSPS) is 31.1. The molecule has 3 heterocycles. The number of benzene rings is 1. The maximum Gasteiger partial charge on any atom is 0.332 e. The molecule has 0 N–H and O–H groups in total. The molecule has 28 heavy (non-hydrogen) atoms. The zero-order valence-electron chi connectivity index (χ0n) is 16.1. The number of carbonyl (C=O) groups excluding carboxylic acids is 3. The van der Waals surface area contributed by atoms with Gasteiger partial charge in [-0.1, -0.05) is 49.0 Å². The van der Waals surface area contributed by atoms with E-state index in [1.807, 2.05) is 48.4 Å². The number of amidine groups is 1. The number of thioether (sulfide) groups is 1. The van der Waals surface area contributed by atoms with E-state index in [4.69, 9.17) is 4.74 Å². The molecular formula is C20H23N3O4S. The van der Waals surface area contributed by atoms with Gasteiger partial charge >= 0.3 is 5.97 Å². The predicted octanol–water partition coefficient (Wildman–Crippen LogP) is 1.53. The van der Waals surface area contributed by atoms with Crippen LogP contribution in [0, 0.1) is 11.8 Å². The van der Waals surface area contributed by atoms with Gasteiger partial charge in [-0.3, -0.25) is 19.5 Å². The van der Waals surface area contributed by atoms with Gasteiger partial charge in [-0.2, -0.15) is 0 Å². The molecule has 0 saturated carbocycles. The number of hydrogen-bond acceptors (Lipinski definition) is 7. The third-order valence-electron chi connectivity index (χ3n) is 6.20. The first-order valence-corrected chi connectivity index (χ1v) is 10.6. The van der Waals surface area contributed by atoms with Crippen molar-refractivity contribution < 1.29 is 19.1 Å². The van der Waals surface area contributed by atoms with Gasteiger partial charge in [0.2, 0.25) is 11.8 Å². The quantitative estimate of drug-likeness (QED) is 0.562. The van der Waals surface area contributed by atoms with E-state index in [1.165, 1.54) is 23.8 Å². The number of amides is 2. The SMILES string of the molecule is CC[C@]1(C(=O)OC)[C@H]2C(=O)N(Cc3ccccc3)C(=O)[C@H]2[C@H]2CN=C(SC)N21. The molecule has 3 aliphatic heterocycles. The molecule has 0 aromatic heterocycles. The van der Waals surface area contributed by atoms with Crippen molar-refractivity contribution in [2.45, 2.75) is 31.5 Å². The number of fused-ring (bicyclic) bond motifs is 3. The van der Waals surface area contributed by atoms with Crippen LogP contribution in [0.1, 0.15) is 18.9 Å². The minimum absolute atomic E-state index is 0.217. The lowest BCUT2D eigenvalue weighted by Gasteiger charge is -2.39. The molecule has 0 spiro atoms. The van der Waals surface area contributed by atoms with Crippen LogP contribution in [0.25, 0.3) is 0 Å². The summed E-state index contributed by atoms with van der Waals surface area (Å²) in [5.74, 6) is -2.31. The Bertz CT molecular complexity index is 858. The van der Waals surface area contributed by atoms with Crippen LogP contribution < -0.4 is 0 Å². The van der Waals surface area contributed by atoms with E-state index in [0.29, 0.717) is 18.1 Å². The lowest BCUT2D eigenvalue weighted by molar-refractivity contribution is -0.158. The number of methoxy groups -OCH3 is 1. The molecule has 1 aromatic carbocycles. The first kappa shape index (κ1) is 19.0. The summed E-state index contributed by atoms with van der Waals surface area (Å²) in [5, 5.41) is 0.696. The molecule has 4 atom stereocenters. The third-order valence-corrected chi connectivity index (χ3v) is 6.89. The van der Waals surface area contributed by atoms with Crippen LogP contribution in [0.3, 0.4) is 0 Å². The largest absolute Gasteiger partial charge is 0.467 e. The number of ether oxygens (including phenoxy) is 1. The second-order valence-electron chi connectivity index (χ2n) is 7.29. The number of esters is 1. The summed E-state index contributed by atoms with van der Waals surface area (Å²) in [6, 6.07) is 9.14. The van der Waals surface area contributed by atoms with Crippen molar-refractivity contribution in [1.29, 1.82) is 0 Å². The zero-order valence-corrected chi connectivity index (χ0v) is 16.9. The Labute approximate surface area is 168 Å². The van der Waals surface area contributed by atoms with E-state index in [-0.39, 0.29) is 24.4 Å². The number of hydrogen-bond donors (Lipinski definition) is 0. The number of carbonyl (C=O) groups is 3. The highest BCUT2D eigenvalue weighted by Gasteiger charge is 2.73. The van der Waals surface area contributed by atoms with E-state index in [2.05, 4.69) is 4.99 Å². The van der Waals surface area contributed by atoms with Gasteiger partial charge in [0.05, 0.1) is 38.1 Å². The monoisotopic (exact) mass is 401 g/mol. The summed E-state index contributed by atoms with van der Waals surface area (Å²) in [6.45, 7) is 2.49. The summed E-state index contributed by atoms with van der Waals surface area (Å²) >= 11 is 1.43. The molecule has 0 unspecified atom stereocenters. The molecular weight excluding hydrogens is 378 g/mol. The molecule has 2 saturated heterocycles. The van der Waals surface area contributed by atoms with Crippen LogP contribution in [-0.4, -0.2) is 64.2 Å². The van der Waals surface area contributed by atoms with Crippen LogP contribution in [0.4, 0.5) is 0 Å². The van der Waals surface area contributed by atoms with E-state index >= 15 is 0 Å². The Hall–Kier alpha value is -2.35. The molecule has 0 bridgehead atoms. The highest BCUT2D eigenvalue weighted by atomic mass is 32.2.